The van der Waals surface area contributed by atoms with Gasteiger partial charge in [0.1, 0.15) is 15.4 Å². The summed E-state index contributed by atoms with van der Waals surface area (Å²) in [6, 6.07) is 4.66. The number of hydrogen-bond acceptors (Lipinski definition) is 5. The van der Waals surface area contributed by atoms with Crippen LogP contribution < -0.4 is 0 Å². The van der Waals surface area contributed by atoms with Gasteiger partial charge >= 0.3 is 6.17 Å². The van der Waals surface area contributed by atoms with Crippen LogP contribution in [0.1, 0.15) is 22.1 Å². The van der Waals surface area contributed by atoms with Gasteiger partial charge in [0.05, 0.1) is 0 Å². The smallest absolute Gasteiger partial charge is 0.276 e. The van der Waals surface area contributed by atoms with Crippen molar-refractivity contribution in [3.05, 3.63) is 55.6 Å². The predicted molar refractivity (Wildman–Crippen MR) is 53.4 cm³/mol. The molecule has 0 unspecified atom stereocenters. The zero-order valence-corrected chi connectivity index (χ0v) is 8.46. The lowest BCUT2D eigenvalue weighted by Crippen LogP contribution is -2.19. The summed E-state index contributed by atoms with van der Waals surface area (Å²) in [5, 5.41) is 20.1. The molecule has 0 heterocycles. The van der Waals surface area contributed by atoms with E-state index >= 15 is 0 Å². The van der Waals surface area contributed by atoms with Crippen molar-refractivity contribution in [1.82, 2.24) is 0 Å². The van der Waals surface area contributed by atoms with Gasteiger partial charge in [0, 0.05) is 5.56 Å². The van der Waals surface area contributed by atoms with Gasteiger partial charge in [-0.25, -0.2) is 0 Å². The Balaban J connectivity index is 3.08. The van der Waals surface area contributed by atoms with Crippen molar-refractivity contribution >= 4 is 16.8 Å². The molecule has 0 spiro atoms. The first-order valence-electron chi connectivity index (χ1n) is 4.00. The summed E-state index contributed by atoms with van der Waals surface area (Å²) < 4.78 is 0. The van der Waals surface area contributed by atoms with E-state index in [1.807, 2.05) is 0 Å². The highest BCUT2D eigenvalue weighted by Crippen LogP contribution is 2.18. The van der Waals surface area contributed by atoms with Crippen molar-refractivity contribution in [3.63, 3.8) is 0 Å². The Morgan fingerprint density at radius 3 is 1.88 bits per heavy atom. The average molecular weight is 245 g/mol. The molecule has 0 aliphatic rings. The second-order valence-corrected chi connectivity index (χ2v) is 3.18. The molecule has 0 aliphatic carbocycles. The third-order valence-corrected chi connectivity index (χ3v) is 2.05. The Morgan fingerprint density at radius 2 is 1.56 bits per heavy atom. The molecule has 0 fully saturated rings. The summed E-state index contributed by atoms with van der Waals surface area (Å²) in [5.74, 6) is 0. The molecule has 0 radical (unpaired) electrons. The molecule has 0 bridgehead atoms. The van der Waals surface area contributed by atoms with Gasteiger partial charge in [0.2, 0.25) is 0 Å². The van der Waals surface area contributed by atoms with Crippen molar-refractivity contribution < 1.29 is 14.6 Å². The van der Waals surface area contributed by atoms with E-state index in [9.17, 15) is 25.0 Å². The van der Waals surface area contributed by atoms with Crippen LogP contribution >= 0.6 is 11.6 Å². The highest BCUT2D eigenvalue weighted by molar-refractivity contribution is 6.67. The summed E-state index contributed by atoms with van der Waals surface area (Å²) in [4.78, 5) is 29.5. The van der Waals surface area contributed by atoms with Crippen LogP contribution in [0, 0.1) is 20.2 Å². The third-order valence-electron chi connectivity index (χ3n) is 1.84. The summed E-state index contributed by atoms with van der Waals surface area (Å²) >= 11 is 5.15. The summed E-state index contributed by atoms with van der Waals surface area (Å²) in [7, 11) is 0. The number of hydrogen-bond donors (Lipinski definition) is 0. The highest BCUT2D eigenvalue weighted by Gasteiger charge is 2.34. The minimum atomic E-state index is -2.03. The lowest BCUT2D eigenvalue weighted by Gasteiger charge is -2.02. The number of nitrogens with zero attached hydrogens (tertiary/aromatic N) is 2. The van der Waals surface area contributed by atoms with Gasteiger partial charge in [0.25, 0.3) is 5.24 Å². The van der Waals surface area contributed by atoms with Crippen LogP contribution in [0.2, 0.25) is 0 Å². The van der Waals surface area contributed by atoms with Crippen LogP contribution in [0.5, 0.6) is 0 Å². The van der Waals surface area contributed by atoms with Gasteiger partial charge in [0.15, 0.2) is 0 Å². The Labute approximate surface area is 93.9 Å². The molecule has 1 rings (SSSR count). The number of carbonyl (C=O) groups is 1. The van der Waals surface area contributed by atoms with Gasteiger partial charge in [-0.2, -0.15) is 0 Å². The molecular formula is C8H5ClN2O5. The fraction of sp³-hybridized carbons (Fsp3) is 0.125. The lowest BCUT2D eigenvalue weighted by atomic mass is 10.1. The Bertz CT molecular complexity index is 430. The number of carbonyl (C=O) groups excluding carboxylic acids is 1. The van der Waals surface area contributed by atoms with Gasteiger partial charge in [-0.1, -0.05) is 0 Å². The first kappa shape index (κ1) is 12.1. The van der Waals surface area contributed by atoms with E-state index in [1.165, 1.54) is 12.1 Å². The van der Waals surface area contributed by atoms with Crippen LogP contribution in [0.25, 0.3) is 0 Å². The zero-order valence-electron chi connectivity index (χ0n) is 7.70. The van der Waals surface area contributed by atoms with Crippen molar-refractivity contribution in [3.8, 4) is 0 Å². The van der Waals surface area contributed by atoms with Crippen molar-refractivity contribution in [2.45, 2.75) is 6.17 Å². The standard InChI is InChI=1S/C8H5ClN2O5/c9-7(12)5-1-3-6(4-2-5)8(10(13)14)11(15)16/h1-4,8H. The molecule has 0 atom stereocenters. The predicted octanol–water partition coefficient (Wildman–Crippen LogP) is 1.62. The lowest BCUT2D eigenvalue weighted by molar-refractivity contribution is -0.752. The van der Waals surface area contributed by atoms with Crippen molar-refractivity contribution in [1.29, 1.82) is 0 Å². The molecule has 1 aromatic carbocycles. The van der Waals surface area contributed by atoms with E-state index in [0.717, 1.165) is 12.1 Å². The summed E-state index contributed by atoms with van der Waals surface area (Å²) in [5.41, 5.74) is 0.00697. The molecule has 8 heteroatoms. The molecule has 0 saturated heterocycles. The molecule has 0 aromatic heterocycles. The van der Waals surface area contributed by atoms with Crippen LogP contribution in [0.4, 0.5) is 0 Å². The molecule has 84 valence electrons. The molecule has 16 heavy (non-hydrogen) atoms. The molecule has 0 N–H and O–H groups in total. The average Bonchev–Trinajstić information content (AvgIpc) is 2.17. The molecule has 0 aliphatic heterocycles. The molecule has 1 aromatic rings. The van der Waals surface area contributed by atoms with Crippen molar-refractivity contribution in [2.24, 2.45) is 0 Å². The largest absolute Gasteiger partial charge is 0.476 e. The molecular weight excluding hydrogens is 240 g/mol. The van der Waals surface area contributed by atoms with Crippen LogP contribution in [-0.2, 0) is 0 Å². The first-order chi connectivity index (χ1) is 7.43. The topological polar surface area (TPSA) is 103 Å². The first-order valence-corrected chi connectivity index (χ1v) is 4.38. The number of nitro groups is 2. The Morgan fingerprint density at radius 1 is 1.12 bits per heavy atom. The van der Waals surface area contributed by atoms with Gasteiger partial charge in [-0.3, -0.25) is 25.0 Å². The third kappa shape index (κ3) is 2.51. The molecule has 0 amide bonds. The van der Waals surface area contributed by atoms with Crippen molar-refractivity contribution in [2.75, 3.05) is 0 Å². The van der Waals surface area contributed by atoms with Gasteiger partial charge < -0.3 is 0 Å². The van der Waals surface area contributed by atoms with Crippen LogP contribution in [0.3, 0.4) is 0 Å². The molecule has 0 saturated carbocycles. The number of rotatable bonds is 4. The number of halogens is 1. The maximum Gasteiger partial charge on any atom is 0.476 e. The quantitative estimate of drug-likeness (QED) is 0.346. The second-order valence-electron chi connectivity index (χ2n) is 2.84. The molecule has 7 nitrogen and oxygen atoms in total. The summed E-state index contributed by atoms with van der Waals surface area (Å²) in [6.07, 6.45) is -2.03. The van der Waals surface area contributed by atoms with E-state index in [1.54, 1.807) is 0 Å². The minimum Gasteiger partial charge on any atom is -0.276 e. The van der Waals surface area contributed by atoms with Crippen LogP contribution in [-0.4, -0.2) is 15.1 Å². The van der Waals surface area contributed by atoms with E-state index in [2.05, 4.69) is 0 Å². The normalized spacial score (nSPS) is 10.1. The maximum atomic E-state index is 10.7. The number of benzene rings is 1. The fourth-order valence-corrected chi connectivity index (χ4v) is 1.23. The van der Waals surface area contributed by atoms with Crippen LogP contribution in [0.15, 0.2) is 24.3 Å². The van der Waals surface area contributed by atoms with E-state index < -0.39 is 21.3 Å². The Hall–Kier alpha value is -2.02. The highest BCUT2D eigenvalue weighted by atomic mass is 35.5. The van der Waals surface area contributed by atoms with E-state index in [4.69, 9.17) is 11.6 Å². The second kappa shape index (κ2) is 4.67. The zero-order chi connectivity index (χ0) is 12.3. The monoisotopic (exact) mass is 244 g/mol. The maximum absolute atomic E-state index is 10.7. The van der Waals surface area contributed by atoms with E-state index in [-0.39, 0.29) is 11.1 Å². The fourth-order valence-electron chi connectivity index (χ4n) is 1.11. The van der Waals surface area contributed by atoms with Gasteiger partial charge in [-0.05, 0) is 35.9 Å². The summed E-state index contributed by atoms with van der Waals surface area (Å²) in [6.45, 7) is 0. The van der Waals surface area contributed by atoms with E-state index in [0.29, 0.717) is 0 Å². The SMILES string of the molecule is O=C(Cl)c1ccc(C([N+](=O)[O-])[N+](=O)[O-])cc1. The minimum absolute atomic E-state index is 0.114. The Kier molecular flexibility index (Phi) is 3.51. The van der Waals surface area contributed by atoms with Gasteiger partial charge in [-0.15, -0.1) is 0 Å².